The number of amides is 1. The number of aromatic nitrogens is 2. The van der Waals surface area contributed by atoms with Crippen LogP contribution in [0.5, 0.6) is 0 Å². The van der Waals surface area contributed by atoms with E-state index in [0.29, 0.717) is 12.5 Å². The van der Waals surface area contributed by atoms with Gasteiger partial charge >= 0.3 is 0 Å². The van der Waals surface area contributed by atoms with Gasteiger partial charge < -0.3 is 5.32 Å². The van der Waals surface area contributed by atoms with Gasteiger partial charge in [-0.3, -0.25) is 14.5 Å². The van der Waals surface area contributed by atoms with Crippen molar-refractivity contribution in [1.29, 1.82) is 0 Å². The highest BCUT2D eigenvalue weighted by Crippen LogP contribution is 2.38. The summed E-state index contributed by atoms with van der Waals surface area (Å²) in [5, 5.41) is 7.37. The summed E-state index contributed by atoms with van der Waals surface area (Å²) in [6.45, 7) is 5.04. The van der Waals surface area contributed by atoms with Crippen LogP contribution in [0, 0.1) is 0 Å². The number of carbonyl (C=O) groups is 1. The predicted molar refractivity (Wildman–Crippen MR) is 104 cm³/mol. The van der Waals surface area contributed by atoms with Crippen molar-refractivity contribution in [2.45, 2.75) is 44.7 Å². The van der Waals surface area contributed by atoms with Gasteiger partial charge in [0.1, 0.15) is 6.04 Å². The number of hydrogen-bond acceptors (Lipinski definition) is 4. The van der Waals surface area contributed by atoms with Gasteiger partial charge in [-0.25, -0.2) is 4.68 Å². The third kappa shape index (κ3) is 4.11. The Kier molecular flexibility index (Phi) is 5.07. The van der Waals surface area contributed by atoms with Crippen LogP contribution >= 0.6 is 0 Å². The van der Waals surface area contributed by atoms with Crippen LogP contribution in [0.2, 0.25) is 0 Å². The minimum absolute atomic E-state index is 0.157. The largest absolute Gasteiger partial charge is 0.353 e. The van der Waals surface area contributed by atoms with Crippen molar-refractivity contribution in [2.24, 2.45) is 0 Å². The third-order valence-electron chi connectivity index (χ3n) is 5.52. The summed E-state index contributed by atoms with van der Waals surface area (Å²) in [5.74, 6) is 0.295. The number of hydrogen-bond donors (Lipinski definition) is 1. The molecule has 0 bridgehead atoms. The summed E-state index contributed by atoms with van der Waals surface area (Å²) < 4.78 is 1.32. The Morgan fingerprint density at radius 2 is 2.00 bits per heavy atom. The van der Waals surface area contributed by atoms with Gasteiger partial charge in [0.2, 0.25) is 5.91 Å². The zero-order valence-corrected chi connectivity index (χ0v) is 15.7. The molecular formula is C21H26N4O2. The van der Waals surface area contributed by atoms with Crippen LogP contribution in [0.3, 0.4) is 0 Å². The first-order valence-electron chi connectivity index (χ1n) is 9.78. The van der Waals surface area contributed by atoms with E-state index in [1.807, 2.05) is 0 Å². The van der Waals surface area contributed by atoms with Gasteiger partial charge in [0.05, 0.1) is 5.69 Å². The summed E-state index contributed by atoms with van der Waals surface area (Å²) >= 11 is 0. The van der Waals surface area contributed by atoms with E-state index in [1.165, 1.54) is 21.9 Å². The van der Waals surface area contributed by atoms with E-state index in [9.17, 15) is 9.59 Å². The van der Waals surface area contributed by atoms with Crippen LogP contribution in [0.25, 0.3) is 0 Å². The first-order chi connectivity index (χ1) is 13.1. The molecule has 0 radical (unpaired) electrons. The highest BCUT2D eigenvalue weighted by Gasteiger charge is 2.27. The molecule has 1 atom stereocenters. The molecule has 0 saturated heterocycles. The Labute approximate surface area is 159 Å². The van der Waals surface area contributed by atoms with Gasteiger partial charge in [-0.2, -0.15) is 5.10 Å². The quantitative estimate of drug-likeness (QED) is 0.847. The van der Waals surface area contributed by atoms with Gasteiger partial charge in [-0.15, -0.1) is 0 Å². The van der Waals surface area contributed by atoms with Crippen molar-refractivity contribution in [2.75, 3.05) is 19.6 Å². The molecule has 142 valence electrons. The van der Waals surface area contributed by atoms with Gasteiger partial charge in [0.15, 0.2) is 0 Å². The summed E-state index contributed by atoms with van der Waals surface area (Å²) in [6.07, 6.45) is 3.28. The molecule has 1 unspecified atom stereocenters. The SMILES string of the molecule is CC(C(=O)NCCN1CCc2ccccc2C1)n1nc(C2CC2)ccc1=O. The molecule has 4 rings (SSSR count). The molecule has 1 N–H and O–H groups in total. The van der Waals surface area contributed by atoms with E-state index >= 15 is 0 Å². The van der Waals surface area contributed by atoms with Crippen LogP contribution in [-0.4, -0.2) is 40.2 Å². The lowest BCUT2D eigenvalue weighted by Gasteiger charge is -2.28. The highest BCUT2D eigenvalue weighted by atomic mass is 16.2. The monoisotopic (exact) mass is 366 g/mol. The molecule has 1 amide bonds. The van der Waals surface area contributed by atoms with Crippen LogP contribution < -0.4 is 10.9 Å². The summed E-state index contributed by atoms with van der Waals surface area (Å²) in [5.41, 5.74) is 3.49. The molecule has 6 heteroatoms. The average Bonchev–Trinajstić information content (AvgIpc) is 3.53. The number of rotatable bonds is 6. The van der Waals surface area contributed by atoms with E-state index < -0.39 is 6.04 Å². The molecule has 1 fully saturated rings. The lowest BCUT2D eigenvalue weighted by Crippen LogP contribution is -2.41. The molecule has 0 spiro atoms. The number of benzene rings is 1. The fraction of sp³-hybridized carbons (Fsp3) is 0.476. The predicted octanol–water partition coefficient (Wildman–Crippen LogP) is 1.86. The van der Waals surface area contributed by atoms with Crippen molar-refractivity contribution < 1.29 is 4.79 Å². The fourth-order valence-corrected chi connectivity index (χ4v) is 3.66. The Hall–Kier alpha value is -2.47. The second-order valence-corrected chi connectivity index (χ2v) is 7.58. The van der Waals surface area contributed by atoms with Crippen LogP contribution in [0.4, 0.5) is 0 Å². The van der Waals surface area contributed by atoms with E-state index in [0.717, 1.165) is 44.6 Å². The Morgan fingerprint density at radius 3 is 2.78 bits per heavy atom. The molecule has 6 nitrogen and oxygen atoms in total. The maximum Gasteiger partial charge on any atom is 0.267 e. The Morgan fingerprint density at radius 1 is 1.22 bits per heavy atom. The second kappa shape index (κ2) is 7.64. The molecule has 27 heavy (non-hydrogen) atoms. The van der Waals surface area contributed by atoms with Crippen LogP contribution in [0.15, 0.2) is 41.2 Å². The number of fused-ring (bicyclic) bond motifs is 1. The molecule has 1 aliphatic carbocycles. The van der Waals surface area contributed by atoms with Gasteiger partial charge in [-0.1, -0.05) is 24.3 Å². The molecule has 2 aliphatic rings. The van der Waals surface area contributed by atoms with Gasteiger partial charge in [0, 0.05) is 38.2 Å². The Balaban J connectivity index is 1.31. The van der Waals surface area contributed by atoms with Crippen molar-refractivity contribution in [3.8, 4) is 0 Å². The molecule has 2 heterocycles. The zero-order chi connectivity index (χ0) is 18.8. The topological polar surface area (TPSA) is 67.2 Å². The standard InChI is InChI=1S/C21H26N4O2/c1-15(25-20(26)9-8-19(23-25)17-6-7-17)21(27)22-11-13-24-12-10-16-4-2-3-5-18(16)14-24/h2-5,8-9,15,17H,6-7,10-14H2,1H3,(H,22,27). The highest BCUT2D eigenvalue weighted by molar-refractivity contribution is 5.79. The first-order valence-corrected chi connectivity index (χ1v) is 9.78. The number of nitrogens with one attached hydrogen (secondary N) is 1. The van der Waals surface area contributed by atoms with Crippen molar-refractivity contribution in [3.63, 3.8) is 0 Å². The maximum absolute atomic E-state index is 12.5. The Bertz CT molecular complexity index is 888. The molecule has 2 aromatic rings. The van der Waals surface area contributed by atoms with E-state index in [1.54, 1.807) is 13.0 Å². The smallest absolute Gasteiger partial charge is 0.267 e. The fourth-order valence-electron chi connectivity index (χ4n) is 3.66. The average molecular weight is 366 g/mol. The van der Waals surface area contributed by atoms with Crippen molar-refractivity contribution >= 4 is 5.91 Å². The molecule has 1 aromatic heterocycles. The second-order valence-electron chi connectivity index (χ2n) is 7.58. The normalized spacial score (nSPS) is 18.0. The van der Waals surface area contributed by atoms with Crippen molar-refractivity contribution in [1.82, 2.24) is 20.0 Å². The number of carbonyl (C=O) groups excluding carboxylic acids is 1. The first kappa shape index (κ1) is 17.9. The van der Waals surface area contributed by atoms with E-state index in [-0.39, 0.29) is 11.5 Å². The van der Waals surface area contributed by atoms with Gasteiger partial charge in [-0.05, 0) is 43.4 Å². The zero-order valence-electron chi connectivity index (χ0n) is 15.7. The minimum Gasteiger partial charge on any atom is -0.353 e. The summed E-state index contributed by atoms with van der Waals surface area (Å²) in [6, 6.07) is 11.2. The van der Waals surface area contributed by atoms with Crippen molar-refractivity contribution in [3.05, 3.63) is 63.6 Å². The summed E-state index contributed by atoms with van der Waals surface area (Å²) in [4.78, 5) is 27.0. The minimum atomic E-state index is -0.599. The lowest BCUT2D eigenvalue weighted by atomic mass is 10.00. The molecule has 1 aliphatic heterocycles. The van der Waals surface area contributed by atoms with E-state index in [4.69, 9.17) is 0 Å². The molecular weight excluding hydrogens is 340 g/mol. The van der Waals surface area contributed by atoms with Crippen LogP contribution in [0.1, 0.15) is 48.5 Å². The molecule has 1 aromatic carbocycles. The lowest BCUT2D eigenvalue weighted by molar-refractivity contribution is -0.124. The van der Waals surface area contributed by atoms with Gasteiger partial charge in [0.25, 0.3) is 5.56 Å². The number of nitrogens with zero attached hydrogens (tertiary/aromatic N) is 3. The van der Waals surface area contributed by atoms with E-state index in [2.05, 4.69) is 39.6 Å². The summed E-state index contributed by atoms with van der Waals surface area (Å²) in [7, 11) is 0. The molecule has 1 saturated carbocycles. The van der Waals surface area contributed by atoms with Crippen LogP contribution in [-0.2, 0) is 17.8 Å². The third-order valence-corrected chi connectivity index (χ3v) is 5.52. The maximum atomic E-state index is 12.5.